The Morgan fingerprint density at radius 1 is 1.10 bits per heavy atom. The van der Waals surface area contributed by atoms with Crippen molar-refractivity contribution in [3.8, 4) is 0 Å². The zero-order valence-corrected chi connectivity index (χ0v) is 16.1. The summed E-state index contributed by atoms with van der Waals surface area (Å²) in [6, 6.07) is 12.8. The van der Waals surface area contributed by atoms with Crippen molar-refractivity contribution in [1.29, 1.82) is 0 Å². The van der Waals surface area contributed by atoms with Gasteiger partial charge in [0.05, 0.1) is 0 Å². The van der Waals surface area contributed by atoms with Gasteiger partial charge in [-0.3, -0.25) is 0 Å². The maximum Gasteiger partial charge on any atom is 0.205 e. The van der Waals surface area contributed by atoms with Gasteiger partial charge < -0.3 is 9.43 Å². The predicted molar refractivity (Wildman–Crippen MR) is 97.2 cm³/mol. The Labute approximate surface area is 132 Å². The monoisotopic (exact) mass is 321 g/mol. The van der Waals surface area contributed by atoms with Gasteiger partial charge in [0.15, 0.2) is 8.32 Å². The molecule has 0 radical (unpaired) electrons. The Morgan fingerprint density at radius 3 is 2.43 bits per heavy atom. The normalized spacial score (nSPS) is 20.5. The van der Waals surface area contributed by atoms with Gasteiger partial charge in [0.25, 0.3) is 0 Å². The molecule has 4 heteroatoms. The van der Waals surface area contributed by atoms with E-state index in [1.165, 1.54) is 43.5 Å². The Hall–Kier alpha value is -0.426. The van der Waals surface area contributed by atoms with Crippen LogP contribution in [0.4, 0.5) is 0 Å². The quantitative estimate of drug-likeness (QED) is 0.804. The molecule has 1 saturated heterocycles. The Bertz CT molecular complexity index is 428. The van der Waals surface area contributed by atoms with Crippen molar-refractivity contribution in [3.05, 3.63) is 30.3 Å². The van der Waals surface area contributed by atoms with E-state index < -0.39 is 16.6 Å². The molecular formula is C17H31NOSi2. The number of hydrogen-bond donors (Lipinski definition) is 1. The highest BCUT2D eigenvalue weighted by molar-refractivity contribution is 6.92. The fraction of sp³-hybridized carbons (Fsp3) is 0.647. The van der Waals surface area contributed by atoms with Gasteiger partial charge in [-0.1, -0.05) is 36.8 Å². The highest BCUT2D eigenvalue weighted by Gasteiger charge is 2.34. The molecule has 0 aliphatic carbocycles. The van der Waals surface area contributed by atoms with Gasteiger partial charge in [0, 0.05) is 6.04 Å². The van der Waals surface area contributed by atoms with Crippen molar-refractivity contribution in [2.24, 2.45) is 0 Å². The number of benzene rings is 1. The van der Waals surface area contributed by atoms with E-state index in [1.54, 1.807) is 0 Å². The lowest BCUT2D eigenvalue weighted by atomic mass is 10.0. The average Bonchev–Trinajstić information content (AvgIpc) is 2.46. The second-order valence-corrected chi connectivity index (χ2v) is 15.9. The van der Waals surface area contributed by atoms with Crippen LogP contribution in [0, 0.1) is 0 Å². The maximum atomic E-state index is 6.75. The smallest absolute Gasteiger partial charge is 0.205 e. The molecule has 1 aliphatic rings. The summed E-state index contributed by atoms with van der Waals surface area (Å²) in [6.07, 6.45) is 5.38. The molecule has 1 aromatic rings. The van der Waals surface area contributed by atoms with Crippen LogP contribution in [-0.4, -0.2) is 29.2 Å². The Morgan fingerprint density at radius 2 is 1.81 bits per heavy atom. The molecule has 0 bridgehead atoms. The third-order valence-corrected chi connectivity index (χ3v) is 12.0. The van der Waals surface area contributed by atoms with Crippen molar-refractivity contribution in [3.63, 3.8) is 0 Å². The lowest BCUT2D eigenvalue weighted by Gasteiger charge is -2.35. The van der Waals surface area contributed by atoms with Gasteiger partial charge >= 0.3 is 0 Å². The van der Waals surface area contributed by atoms with Crippen LogP contribution in [0.25, 0.3) is 0 Å². The van der Waals surface area contributed by atoms with Crippen LogP contribution in [0.2, 0.25) is 32.2 Å². The predicted octanol–water partition coefficient (Wildman–Crippen LogP) is 3.85. The molecule has 0 amide bonds. The molecule has 2 rings (SSSR count). The summed E-state index contributed by atoms with van der Waals surface area (Å²) in [5.74, 6) is 0. The van der Waals surface area contributed by atoms with Crippen molar-refractivity contribution < 1.29 is 4.12 Å². The van der Waals surface area contributed by atoms with Crippen LogP contribution in [0.3, 0.4) is 0 Å². The first-order chi connectivity index (χ1) is 9.89. The molecule has 1 aromatic carbocycles. The summed E-state index contributed by atoms with van der Waals surface area (Å²) in [6.45, 7) is 10.7. The first-order valence-electron chi connectivity index (χ1n) is 8.38. The molecular weight excluding hydrogens is 290 g/mol. The summed E-state index contributed by atoms with van der Waals surface area (Å²) in [7, 11) is -3.34. The van der Waals surface area contributed by atoms with E-state index >= 15 is 0 Å². The molecule has 1 N–H and O–H groups in total. The lowest BCUT2D eigenvalue weighted by Crippen LogP contribution is -2.52. The van der Waals surface area contributed by atoms with Crippen LogP contribution in [0.15, 0.2) is 30.3 Å². The number of piperidine rings is 1. The minimum atomic E-state index is -1.76. The molecule has 1 heterocycles. The van der Waals surface area contributed by atoms with E-state index in [2.05, 4.69) is 61.8 Å². The van der Waals surface area contributed by atoms with E-state index in [1.807, 2.05) is 0 Å². The number of nitrogens with one attached hydrogen (secondary N) is 1. The highest BCUT2D eigenvalue weighted by Crippen LogP contribution is 2.23. The average molecular weight is 322 g/mol. The molecule has 0 saturated carbocycles. The van der Waals surface area contributed by atoms with Gasteiger partial charge in [-0.25, -0.2) is 0 Å². The topological polar surface area (TPSA) is 21.3 Å². The van der Waals surface area contributed by atoms with Gasteiger partial charge in [-0.15, -0.1) is 0 Å². The Kier molecular flexibility index (Phi) is 5.83. The minimum absolute atomic E-state index is 0.732. The molecule has 21 heavy (non-hydrogen) atoms. The van der Waals surface area contributed by atoms with Gasteiger partial charge in [-0.05, 0) is 63.2 Å². The summed E-state index contributed by atoms with van der Waals surface area (Å²) in [5, 5.41) is 5.08. The van der Waals surface area contributed by atoms with Crippen molar-refractivity contribution in [2.45, 2.75) is 64.0 Å². The zero-order chi connectivity index (χ0) is 15.3. The van der Waals surface area contributed by atoms with Crippen LogP contribution < -0.4 is 10.5 Å². The third kappa shape index (κ3) is 5.36. The fourth-order valence-corrected chi connectivity index (χ4v) is 11.8. The van der Waals surface area contributed by atoms with Crippen LogP contribution in [-0.2, 0) is 4.12 Å². The second kappa shape index (κ2) is 7.22. The van der Waals surface area contributed by atoms with Crippen molar-refractivity contribution in [2.75, 3.05) is 6.54 Å². The standard InChI is InChI=1S/C17H31NOSi2/c1-20(2,15-13-16-10-8-9-14-18-16)19-21(3,4)17-11-6-5-7-12-17/h5-7,11-12,16,18H,8-10,13-15H2,1-4H3. The first kappa shape index (κ1) is 16.9. The zero-order valence-electron chi connectivity index (χ0n) is 14.1. The van der Waals surface area contributed by atoms with E-state index in [4.69, 9.17) is 4.12 Å². The van der Waals surface area contributed by atoms with Gasteiger partial charge in [0.2, 0.25) is 8.32 Å². The van der Waals surface area contributed by atoms with Crippen LogP contribution >= 0.6 is 0 Å². The van der Waals surface area contributed by atoms with E-state index in [-0.39, 0.29) is 0 Å². The van der Waals surface area contributed by atoms with E-state index in [9.17, 15) is 0 Å². The molecule has 1 atom stereocenters. The van der Waals surface area contributed by atoms with E-state index in [0.717, 1.165) is 6.04 Å². The second-order valence-electron chi connectivity index (χ2n) is 7.42. The maximum absolute atomic E-state index is 6.75. The SMILES string of the molecule is C[Si](C)(CCC1CCCCN1)O[Si](C)(C)c1ccccc1. The van der Waals surface area contributed by atoms with Gasteiger partial charge in [-0.2, -0.15) is 0 Å². The summed E-state index contributed by atoms with van der Waals surface area (Å²) >= 11 is 0. The van der Waals surface area contributed by atoms with Crippen molar-refractivity contribution >= 4 is 21.8 Å². The largest absolute Gasteiger partial charge is 0.452 e. The summed E-state index contributed by atoms with van der Waals surface area (Å²) < 4.78 is 6.75. The number of hydrogen-bond acceptors (Lipinski definition) is 2. The van der Waals surface area contributed by atoms with Crippen LogP contribution in [0.1, 0.15) is 25.7 Å². The molecule has 118 valence electrons. The third-order valence-electron chi connectivity index (χ3n) is 4.51. The lowest BCUT2D eigenvalue weighted by molar-refractivity contribution is 0.387. The first-order valence-corrected chi connectivity index (χ1v) is 14.4. The summed E-state index contributed by atoms with van der Waals surface area (Å²) in [4.78, 5) is 0. The highest BCUT2D eigenvalue weighted by atomic mass is 28.4. The minimum Gasteiger partial charge on any atom is -0.452 e. The molecule has 1 aliphatic heterocycles. The summed E-state index contributed by atoms with van der Waals surface area (Å²) in [5.41, 5.74) is 0. The molecule has 2 nitrogen and oxygen atoms in total. The van der Waals surface area contributed by atoms with Gasteiger partial charge in [0.1, 0.15) is 0 Å². The number of rotatable bonds is 6. The molecule has 1 fully saturated rings. The van der Waals surface area contributed by atoms with Crippen molar-refractivity contribution in [1.82, 2.24) is 5.32 Å². The van der Waals surface area contributed by atoms with E-state index in [0.29, 0.717) is 0 Å². The molecule has 0 spiro atoms. The Balaban J connectivity index is 1.90. The van der Waals surface area contributed by atoms with Crippen LogP contribution in [0.5, 0.6) is 0 Å². The fourth-order valence-electron chi connectivity index (χ4n) is 3.33. The molecule has 0 aromatic heterocycles. The molecule has 1 unspecified atom stereocenters.